The minimum Gasteiger partial charge on any atom is -0.491 e. The number of nitrogens with two attached hydrogens (primary N) is 1. The van der Waals surface area contributed by atoms with Gasteiger partial charge in [0.1, 0.15) is 12.4 Å². The van der Waals surface area contributed by atoms with E-state index < -0.39 is 0 Å². The highest BCUT2D eigenvalue weighted by Gasteiger charge is 2.08. The summed E-state index contributed by atoms with van der Waals surface area (Å²) in [7, 11) is 0. The molecule has 0 unspecified atom stereocenters. The van der Waals surface area contributed by atoms with Crippen LogP contribution in [0.1, 0.15) is 32.4 Å². The molecule has 2 N–H and O–H groups in total. The second kappa shape index (κ2) is 7.62. The Morgan fingerprint density at radius 1 is 1.22 bits per heavy atom. The molecule has 0 saturated heterocycles. The standard InChI is InChI=1S/C14H22ClNO2/c1-10(2)9-17-6-7-18-14-5-4-12(15)8-13(14)11(3)16/h4-5,8,10-11H,6-7,9,16H2,1-3H3/t11-/m0/s1. The molecular formula is C14H22ClNO2. The zero-order valence-electron chi connectivity index (χ0n) is 11.3. The van der Waals surface area contributed by atoms with Gasteiger partial charge in [-0.25, -0.2) is 0 Å². The molecule has 0 aliphatic carbocycles. The molecule has 0 saturated carbocycles. The van der Waals surface area contributed by atoms with Crippen LogP contribution in [0, 0.1) is 5.92 Å². The topological polar surface area (TPSA) is 44.5 Å². The smallest absolute Gasteiger partial charge is 0.124 e. The first-order chi connectivity index (χ1) is 8.50. The minimum absolute atomic E-state index is 0.102. The number of hydrogen-bond acceptors (Lipinski definition) is 3. The monoisotopic (exact) mass is 271 g/mol. The molecule has 0 spiro atoms. The summed E-state index contributed by atoms with van der Waals surface area (Å²) in [5.74, 6) is 1.32. The van der Waals surface area contributed by atoms with Crippen LogP contribution < -0.4 is 10.5 Å². The molecule has 102 valence electrons. The van der Waals surface area contributed by atoms with E-state index in [0.717, 1.165) is 17.9 Å². The normalized spacial score (nSPS) is 12.8. The van der Waals surface area contributed by atoms with Crippen LogP contribution in [0.5, 0.6) is 5.75 Å². The fraction of sp³-hybridized carbons (Fsp3) is 0.571. The number of ether oxygens (including phenoxy) is 2. The van der Waals surface area contributed by atoms with Gasteiger partial charge < -0.3 is 15.2 Å². The van der Waals surface area contributed by atoms with Gasteiger partial charge in [0.05, 0.1) is 6.61 Å². The molecule has 1 atom stereocenters. The Kier molecular flexibility index (Phi) is 6.47. The van der Waals surface area contributed by atoms with E-state index in [9.17, 15) is 0 Å². The summed E-state index contributed by atoms with van der Waals surface area (Å²) in [4.78, 5) is 0. The van der Waals surface area contributed by atoms with E-state index in [1.165, 1.54) is 0 Å². The first-order valence-corrected chi connectivity index (χ1v) is 6.64. The Labute approximate surface area is 114 Å². The quantitative estimate of drug-likeness (QED) is 0.773. The Balaban J connectivity index is 2.46. The molecule has 0 heterocycles. The van der Waals surface area contributed by atoms with Gasteiger partial charge in [0.15, 0.2) is 0 Å². The summed E-state index contributed by atoms with van der Waals surface area (Å²) < 4.78 is 11.1. The Morgan fingerprint density at radius 2 is 1.94 bits per heavy atom. The molecule has 1 aromatic rings. The molecule has 0 aliphatic heterocycles. The summed E-state index contributed by atoms with van der Waals surface area (Å²) >= 11 is 5.94. The second-order valence-electron chi connectivity index (χ2n) is 4.79. The van der Waals surface area contributed by atoms with E-state index in [4.69, 9.17) is 26.8 Å². The minimum atomic E-state index is -0.102. The molecule has 1 aromatic carbocycles. The Hall–Kier alpha value is -0.770. The fourth-order valence-electron chi connectivity index (χ4n) is 1.54. The molecule has 18 heavy (non-hydrogen) atoms. The van der Waals surface area contributed by atoms with Gasteiger partial charge >= 0.3 is 0 Å². The number of benzene rings is 1. The summed E-state index contributed by atoms with van der Waals surface area (Å²) in [6.07, 6.45) is 0. The predicted octanol–water partition coefficient (Wildman–Crippen LogP) is 3.41. The maximum Gasteiger partial charge on any atom is 0.124 e. The van der Waals surface area contributed by atoms with Crippen molar-refractivity contribution in [3.63, 3.8) is 0 Å². The summed E-state index contributed by atoms with van der Waals surface area (Å²) in [6.45, 7) is 8.01. The molecule has 0 aromatic heterocycles. The third kappa shape index (κ3) is 5.25. The Bertz CT molecular complexity index is 367. The van der Waals surface area contributed by atoms with Gasteiger partial charge in [-0.15, -0.1) is 0 Å². The highest BCUT2D eigenvalue weighted by Crippen LogP contribution is 2.27. The van der Waals surface area contributed by atoms with Crippen LogP contribution >= 0.6 is 11.6 Å². The Morgan fingerprint density at radius 3 is 2.56 bits per heavy atom. The largest absolute Gasteiger partial charge is 0.491 e. The van der Waals surface area contributed by atoms with Crippen LogP contribution in [0.3, 0.4) is 0 Å². The molecule has 0 aliphatic rings. The van der Waals surface area contributed by atoms with E-state index in [-0.39, 0.29) is 6.04 Å². The van der Waals surface area contributed by atoms with Crippen LogP contribution in [0.4, 0.5) is 0 Å². The zero-order chi connectivity index (χ0) is 13.5. The maximum atomic E-state index is 5.94. The van der Waals surface area contributed by atoms with Crippen molar-refractivity contribution in [2.45, 2.75) is 26.8 Å². The van der Waals surface area contributed by atoms with Gasteiger partial charge in [-0.3, -0.25) is 0 Å². The third-order valence-electron chi connectivity index (χ3n) is 2.40. The molecule has 0 fully saturated rings. The van der Waals surface area contributed by atoms with Crippen LogP contribution in [0.25, 0.3) is 0 Å². The van der Waals surface area contributed by atoms with Gasteiger partial charge in [-0.05, 0) is 31.0 Å². The molecule has 0 radical (unpaired) electrons. The first kappa shape index (κ1) is 15.3. The second-order valence-corrected chi connectivity index (χ2v) is 5.22. The molecule has 0 amide bonds. The summed E-state index contributed by atoms with van der Waals surface area (Å²) in [5, 5.41) is 0.672. The van der Waals surface area contributed by atoms with Gasteiger partial charge in [0.25, 0.3) is 0 Å². The van der Waals surface area contributed by atoms with Gasteiger partial charge in [-0.1, -0.05) is 25.4 Å². The van der Waals surface area contributed by atoms with Gasteiger partial charge in [0.2, 0.25) is 0 Å². The van der Waals surface area contributed by atoms with Gasteiger partial charge in [0, 0.05) is 23.2 Å². The van der Waals surface area contributed by atoms with Gasteiger partial charge in [-0.2, -0.15) is 0 Å². The van der Waals surface area contributed by atoms with Crippen molar-refractivity contribution < 1.29 is 9.47 Å². The van der Waals surface area contributed by atoms with Crippen LogP contribution in [-0.4, -0.2) is 19.8 Å². The van der Waals surface area contributed by atoms with E-state index in [2.05, 4.69) is 13.8 Å². The van der Waals surface area contributed by atoms with Crippen molar-refractivity contribution in [2.24, 2.45) is 11.7 Å². The zero-order valence-corrected chi connectivity index (χ0v) is 12.0. The van der Waals surface area contributed by atoms with Crippen LogP contribution in [0.2, 0.25) is 5.02 Å². The molecule has 4 heteroatoms. The van der Waals surface area contributed by atoms with Crippen molar-refractivity contribution in [1.82, 2.24) is 0 Å². The SMILES string of the molecule is CC(C)COCCOc1ccc(Cl)cc1[C@H](C)N. The molecule has 0 bridgehead atoms. The number of rotatable bonds is 7. The molecule has 1 rings (SSSR count). The average Bonchev–Trinajstić information content (AvgIpc) is 2.29. The molecule has 3 nitrogen and oxygen atoms in total. The van der Waals surface area contributed by atoms with E-state index in [1.807, 2.05) is 19.1 Å². The lowest BCUT2D eigenvalue weighted by Crippen LogP contribution is -2.13. The van der Waals surface area contributed by atoms with Crippen molar-refractivity contribution in [2.75, 3.05) is 19.8 Å². The van der Waals surface area contributed by atoms with Crippen LogP contribution in [0.15, 0.2) is 18.2 Å². The van der Waals surface area contributed by atoms with E-state index >= 15 is 0 Å². The average molecular weight is 272 g/mol. The number of hydrogen-bond donors (Lipinski definition) is 1. The lowest BCUT2D eigenvalue weighted by Gasteiger charge is -2.14. The van der Waals surface area contributed by atoms with E-state index in [0.29, 0.717) is 24.2 Å². The van der Waals surface area contributed by atoms with Crippen molar-refractivity contribution in [1.29, 1.82) is 0 Å². The van der Waals surface area contributed by atoms with Crippen molar-refractivity contribution >= 4 is 11.6 Å². The lowest BCUT2D eigenvalue weighted by molar-refractivity contribution is 0.0815. The van der Waals surface area contributed by atoms with Crippen molar-refractivity contribution in [3.05, 3.63) is 28.8 Å². The predicted molar refractivity (Wildman–Crippen MR) is 75.2 cm³/mol. The maximum absolute atomic E-state index is 5.94. The van der Waals surface area contributed by atoms with Crippen LogP contribution in [-0.2, 0) is 4.74 Å². The first-order valence-electron chi connectivity index (χ1n) is 6.26. The highest BCUT2D eigenvalue weighted by atomic mass is 35.5. The molecular weight excluding hydrogens is 250 g/mol. The summed E-state index contributed by atoms with van der Waals surface area (Å²) in [5.41, 5.74) is 6.81. The third-order valence-corrected chi connectivity index (χ3v) is 2.63. The summed E-state index contributed by atoms with van der Waals surface area (Å²) in [6, 6.07) is 5.40. The lowest BCUT2D eigenvalue weighted by atomic mass is 10.1. The van der Waals surface area contributed by atoms with Crippen molar-refractivity contribution in [3.8, 4) is 5.75 Å². The number of halogens is 1. The van der Waals surface area contributed by atoms with E-state index in [1.54, 1.807) is 6.07 Å². The highest BCUT2D eigenvalue weighted by molar-refractivity contribution is 6.30. The fourth-order valence-corrected chi connectivity index (χ4v) is 1.72.